The van der Waals surface area contributed by atoms with Crippen LogP contribution in [0.2, 0.25) is 10.0 Å². The Bertz CT molecular complexity index is 970. The van der Waals surface area contributed by atoms with Crippen LogP contribution in [0.3, 0.4) is 0 Å². The topological polar surface area (TPSA) is 77.2 Å². The van der Waals surface area contributed by atoms with Crippen molar-refractivity contribution in [2.75, 3.05) is 17.7 Å². The SMILES string of the molecule is O=C(CSc1nnc(CCCOc2ccc(Cl)cc2Cl)o1)Nc1ccc(I)cc1. The Hall–Kier alpha value is -1.49. The number of anilines is 1. The molecular formula is C19H16Cl2IN3O3S. The van der Waals surface area contributed by atoms with Crippen LogP contribution in [0.4, 0.5) is 5.69 Å². The Morgan fingerprint density at radius 3 is 2.72 bits per heavy atom. The van der Waals surface area contributed by atoms with Gasteiger partial charge in [0.1, 0.15) is 5.75 Å². The summed E-state index contributed by atoms with van der Waals surface area (Å²) in [5.41, 5.74) is 0.753. The molecule has 1 aromatic heterocycles. The molecule has 0 spiro atoms. The van der Waals surface area contributed by atoms with E-state index < -0.39 is 0 Å². The number of hydrogen-bond donors (Lipinski definition) is 1. The van der Waals surface area contributed by atoms with Crippen molar-refractivity contribution in [2.45, 2.75) is 18.1 Å². The maximum absolute atomic E-state index is 12.0. The van der Waals surface area contributed by atoms with Gasteiger partial charge in [0.2, 0.25) is 11.8 Å². The zero-order valence-corrected chi connectivity index (χ0v) is 19.5. The summed E-state index contributed by atoms with van der Waals surface area (Å²) in [6.45, 7) is 0.449. The molecule has 0 atom stereocenters. The first-order valence-corrected chi connectivity index (χ1v) is 11.4. The first-order chi connectivity index (χ1) is 14.0. The zero-order valence-electron chi connectivity index (χ0n) is 15.0. The average molecular weight is 564 g/mol. The van der Waals surface area contributed by atoms with Crippen LogP contribution in [0, 0.1) is 3.57 Å². The van der Waals surface area contributed by atoms with Gasteiger partial charge >= 0.3 is 0 Å². The second kappa shape index (κ2) is 11.1. The highest BCUT2D eigenvalue weighted by Gasteiger charge is 2.10. The molecule has 0 fully saturated rings. The van der Waals surface area contributed by atoms with Crippen molar-refractivity contribution >= 4 is 69.1 Å². The number of hydrogen-bond acceptors (Lipinski definition) is 6. The maximum Gasteiger partial charge on any atom is 0.277 e. The lowest BCUT2D eigenvalue weighted by Crippen LogP contribution is -2.13. The molecule has 0 saturated carbocycles. The number of aromatic nitrogens is 2. The molecule has 0 saturated heterocycles. The van der Waals surface area contributed by atoms with Gasteiger partial charge in [-0.3, -0.25) is 4.79 Å². The fourth-order valence-electron chi connectivity index (χ4n) is 2.25. The molecule has 1 heterocycles. The number of rotatable bonds is 9. The number of thioether (sulfide) groups is 1. The third kappa shape index (κ3) is 7.36. The Labute approximate surface area is 195 Å². The number of halogens is 3. The second-order valence-corrected chi connectivity index (χ2v) is 8.85. The van der Waals surface area contributed by atoms with Crippen LogP contribution >= 0.6 is 57.6 Å². The molecule has 1 amide bonds. The summed E-state index contributed by atoms with van der Waals surface area (Å²) in [5, 5.41) is 12.2. The highest BCUT2D eigenvalue weighted by Crippen LogP contribution is 2.27. The molecule has 2 aromatic carbocycles. The molecular weight excluding hydrogens is 548 g/mol. The summed E-state index contributed by atoms with van der Waals surface area (Å²) in [7, 11) is 0. The molecule has 152 valence electrons. The number of carbonyl (C=O) groups excluding carboxylic acids is 1. The summed E-state index contributed by atoms with van der Waals surface area (Å²) in [6.07, 6.45) is 1.24. The number of aryl methyl sites for hydroxylation is 1. The van der Waals surface area contributed by atoms with Gasteiger partial charge in [-0.25, -0.2) is 0 Å². The molecule has 1 N–H and O–H groups in total. The molecule has 0 radical (unpaired) electrons. The molecule has 3 rings (SSSR count). The summed E-state index contributed by atoms with van der Waals surface area (Å²) in [5.74, 6) is 1.13. The smallest absolute Gasteiger partial charge is 0.277 e. The Morgan fingerprint density at radius 1 is 1.17 bits per heavy atom. The molecule has 0 aliphatic carbocycles. The average Bonchev–Trinajstić information content (AvgIpc) is 3.15. The van der Waals surface area contributed by atoms with Crippen molar-refractivity contribution < 1.29 is 13.9 Å². The molecule has 6 nitrogen and oxygen atoms in total. The lowest BCUT2D eigenvalue weighted by atomic mass is 10.3. The predicted molar refractivity (Wildman–Crippen MR) is 123 cm³/mol. The van der Waals surface area contributed by atoms with Crippen LogP contribution in [-0.2, 0) is 11.2 Å². The van der Waals surface area contributed by atoms with Gasteiger partial charge in [0, 0.05) is 20.7 Å². The van der Waals surface area contributed by atoms with Crippen molar-refractivity contribution in [2.24, 2.45) is 0 Å². The number of carbonyl (C=O) groups is 1. The van der Waals surface area contributed by atoms with Crippen LogP contribution in [0.25, 0.3) is 0 Å². The van der Waals surface area contributed by atoms with E-state index in [1.807, 2.05) is 24.3 Å². The van der Waals surface area contributed by atoms with Gasteiger partial charge < -0.3 is 14.5 Å². The Kier molecular flexibility index (Phi) is 8.46. The van der Waals surface area contributed by atoms with E-state index in [0.717, 1.165) is 9.26 Å². The quantitative estimate of drug-likeness (QED) is 0.204. The first kappa shape index (κ1) is 22.2. The monoisotopic (exact) mass is 563 g/mol. The van der Waals surface area contributed by atoms with E-state index in [0.29, 0.717) is 46.4 Å². The first-order valence-electron chi connectivity index (χ1n) is 8.58. The van der Waals surface area contributed by atoms with Crippen LogP contribution in [0.1, 0.15) is 12.3 Å². The molecule has 3 aromatic rings. The second-order valence-electron chi connectivity index (χ2n) is 5.83. The number of nitrogens with one attached hydrogen (secondary N) is 1. The van der Waals surface area contributed by atoms with Crippen LogP contribution in [-0.4, -0.2) is 28.5 Å². The fraction of sp³-hybridized carbons (Fsp3) is 0.211. The van der Waals surface area contributed by atoms with Crippen molar-refractivity contribution in [3.8, 4) is 5.75 Å². The van der Waals surface area contributed by atoms with E-state index in [1.165, 1.54) is 11.8 Å². The van der Waals surface area contributed by atoms with Crippen LogP contribution in [0.5, 0.6) is 5.75 Å². The number of ether oxygens (including phenoxy) is 1. The standard InChI is InChI=1S/C19H16Cl2IN3O3S/c20-12-3-8-16(15(21)10-12)27-9-1-2-18-24-25-19(28-18)29-11-17(26)23-14-6-4-13(22)5-7-14/h3-8,10H,1-2,9,11H2,(H,23,26). The lowest BCUT2D eigenvalue weighted by molar-refractivity contribution is -0.113. The fourth-order valence-corrected chi connectivity index (χ4v) is 3.66. The summed E-state index contributed by atoms with van der Waals surface area (Å²) in [6, 6.07) is 12.7. The van der Waals surface area contributed by atoms with E-state index in [4.69, 9.17) is 32.4 Å². The minimum absolute atomic E-state index is 0.135. The van der Waals surface area contributed by atoms with Gasteiger partial charge in [-0.05, 0) is 71.5 Å². The van der Waals surface area contributed by atoms with Crippen molar-refractivity contribution in [1.82, 2.24) is 10.2 Å². The minimum atomic E-state index is -0.135. The van der Waals surface area contributed by atoms with Gasteiger partial charge in [-0.1, -0.05) is 35.0 Å². The van der Waals surface area contributed by atoms with Crippen LogP contribution < -0.4 is 10.1 Å². The van der Waals surface area contributed by atoms with Crippen molar-refractivity contribution in [1.29, 1.82) is 0 Å². The predicted octanol–water partition coefficient (Wildman–Crippen LogP) is 5.72. The van der Waals surface area contributed by atoms with Gasteiger partial charge in [0.15, 0.2) is 0 Å². The van der Waals surface area contributed by atoms with E-state index in [9.17, 15) is 4.79 Å². The molecule has 0 aliphatic heterocycles. The molecule has 0 bridgehead atoms. The van der Waals surface area contributed by atoms with E-state index >= 15 is 0 Å². The number of benzene rings is 2. The summed E-state index contributed by atoms with van der Waals surface area (Å²) in [4.78, 5) is 12.0. The lowest BCUT2D eigenvalue weighted by Gasteiger charge is -2.07. The minimum Gasteiger partial charge on any atom is -0.492 e. The molecule has 10 heteroatoms. The van der Waals surface area contributed by atoms with E-state index in [1.54, 1.807) is 18.2 Å². The van der Waals surface area contributed by atoms with Gasteiger partial charge in [-0.2, -0.15) is 0 Å². The summed E-state index contributed by atoms with van der Waals surface area (Å²) >= 11 is 15.3. The third-order valence-corrected chi connectivity index (χ3v) is 5.66. The molecule has 29 heavy (non-hydrogen) atoms. The third-order valence-electron chi connectivity index (χ3n) is 3.59. The molecule has 0 unspecified atom stereocenters. The maximum atomic E-state index is 12.0. The van der Waals surface area contributed by atoms with Crippen molar-refractivity contribution in [3.63, 3.8) is 0 Å². The zero-order chi connectivity index (χ0) is 20.6. The van der Waals surface area contributed by atoms with Crippen LogP contribution in [0.15, 0.2) is 52.1 Å². The van der Waals surface area contributed by atoms with Gasteiger partial charge in [0.05, 0.1) is 17.4 Å². The Balaban J connectivity index is 1.37. The van der Waals surface area contributed by atoms with Gasteiger partial charge in [0.25, 0.3) is 5.22 Å². The van der Waals surface area contributed by atoms with Crippen molar-refractivity contribution in [3.05, 3.63) is 62.0 Å². The molecule has 0 aliphatic rings. The van der Waals surface area contributed by atoms with E-state index in [-0.39, 0.29) is 11.7 Å². The largest absolute Gasteiger partial charge is 0.492 e. The highest BCUT2D eigenvalue weighted by molar-refractivity contribution is 14.1. The van der Waals surface area contributed by atoms with E-state index in [2.05, 4.69) is 38.1 Å². The normalized spacial score (nSPS) is 10.7. The highest BCUT2D eigenvalue weighted by atomic mass is 127. The number of nitrogens with zero attached hydrogens (tertiary/aromatic N) is 2. The number of amides is 1. The van der Waals surface area contributed by atoms with Gasteiger partial charge in [-0.15, -0.1) is 10.2 Å². The Morgan fingerprint density at radius 2 is 1.97 bits per heavy atom. The summed E-state index contributed by atoms with van der Waals surface area (Å²) < 4.78 is 12.3.